The molecule has 0 fully saturated rings. The Morgan fingerprint density at radius 2 is 2.11 bits per heavy atom. The van der Waals surface area contributed by atoms with Crippen molar-refractivity contribution in [1.29, 1.82) is 0 Å². The van der Waals surface area contributed by atoms with Gasteiger partial charge in [0.15, 0.2) is 0 Å². The second-order valence-corrected chi connectivity index (χ2v) is 3.89. The molecule has 0 aliphatic rings. The quantitative estimate of drug-likeness (QED) is 0.582. The Balaban J connectivity index is 2.55. The van der Waals surface area contributed by atoms with E-state index in [1.165, 1.54) is 0 Å². The number of hydrogen-bond acceptors (Lipinski definition) is 4. The lowest BCUT2D eigenvalue weighted by atomic mass is 10.1. The van der Waals surface area contributed by atoms with Gasteiger partial charge >= 0.3 is 5.97 Å². The number of benzene rings is 1. The Morgan fingerprint density at radius 3 is 2.72 bits per heavy atom. The van der Waals surface area contributed by atoms with Crippen molar-refractivity contribution in [3.05, 3.63) is 29.8 Å². The third kappa shape index (κ3) is 4.52. The summed E-state index contributed by atoms with van der Waals surface area (Å²) in [6, 6.07) is 5.85. The number of nitrogens with one attached hydrogen (secondary N) is 1. The zero-order chi connectivity index (χ0) is 13.5. The fourth-order valence-electron chi connectivity index (χ4n) is 1.39. The summed E-state index contributed by atoms with van der Waals surface area (Å²) in [6.45, 7) is -0.116. The number of carboxylic acids is 1. The fraction of sp³-hybridized carbons (Fsp3) is 0.333. The Bertz CT molecular complexity index is 434. The molecule has 0 radical (unpaired) electrons. The van der Waals surface area contributed by atoms with Crippen LogP contribution in [-0.2, 0) is 16.2 Å². The number of carbonyl (C=O) groups is 2. The smallest absolute Gasteiger partial charge is 0.303 e. The molecule has 0 saturated heterocycles. The highest BCUT2D eigenvalue weighted by Crippen LogP contribution is 2.11. The average molecular weight is 252 g/mol. The maximum atomic E-state index is 11.6. The third-order valence-corrected chi connectivity index (χ3v) is 2.38. The van der Waals surface area contributed by atoms with Crippen LogP contribution in [0.2, 0.25) is 0 Å². The molecule has 6 heteroatoms. The molecule has 0 saturated carbocycles. The molecule has 1 aromatic carbocycles. The molecule has 0 spiro atoms. The topological polar surface area (TPSA) is 113 Å². The van der Waals surface area contributed by atoms with E-state index in [0.717, 1.165) is 0 Å². The molecule has 98 valence electrons. The van der Waals surface area contributed by atoms with Crippen LogP contribution in [0.5, 0.6) is 0 Å². The van der Waals surface area contributed by atoms with Crippen LogP contribution < -0.4 is 11.1 Å². The number of rotatable bonds is 6. The molecule has 6 nitrogen and oxygen atoms in total. The summed E-state index contributed by atoms with van der Waals surface area (Å²) in [5.41, 5.74) is 6.76. The highest BCUT2D eigenvalue weighted by atomic mass is 16.4. The molecule has 1 amide bonds. The van der Waals surface area contributed by atoms with Gasteiger partial charge in [-0.25, -0.2) is 0 Å². The SMILES string of the molecule is NC(CCC(=O)O)C(=O)Nc1cccc(CO)c1. The molecular formula is C12H16N2O4. The lowest BCUT2D eigenvalue weighted by Crippen LogP contribution is -2.36. The van der Waals surface area contributed by atoms with Crippen LogP contribution in [0.1, 0.15) is 18.4 Å². The van der Waals surface area contributed by atoms with Crippen LogP contribution in [0.25, 0.3) is 0 Å². The van der Waals surface area contributed by atoms with Gasteiger partial charge in [-0.1, -0.05) is 12.1 Å². The Labute approximate surface area is 104 Å². The van der Waals surface area contributed by atoms with Crippen LogP contribution in [-0.4, -0.2) is 28.1 Å². The number of carboxylic acid groups (broad SMARTS) is 1. The van der Waals surface area contributed by atoms with Gasteiger partial charge in [0, 0.05) is 12.1 Å². The second-order valence-electron chi connectivity index (χ2n) is 3.89. The molecule has 18 heavy (non-hydrogen) atoms. The van der Waals surface area contributed by atoms with Gasteiger partial charge in [-0.2, -0.15) is 0 Å². The van der Waals surface area contributed by atoms with Crippen molar-refractivity contribution in [2.75, 3.05) is 5.32 Å². The van der Waals surface area contributed by atoms with Crippen LogP contribution in [0.15, 0.2) is 24.3 Å². The largest absolute Gasteiger partial charge is 0.481 e. The van der Waals surface area contributed by atoms with Gasteiger partial charge in [0.2, 0.25) is 5.91 Å². The van der Waals surface area contributed by atoms with Gasteiger partial charge in [-0.15, -0.1) is 0 Å². The minimum Gasteiger partial charge on any atom is -0.481 e. The molecule has 0 bridgehead atoms. The zero-order valence-corrected chi connectivity index (χ0v) is 9.80. The molecule has 1 unspecified atom stereocenters. The van der Waals surface area contributed by atoms with E-state index in [1.807, 2.05) is 0 Å². The normalized spacial score (nSPS) is 11.9. The van der Waals surface area contributed by atoms with Crippen molar-refractivity contribution in [1.82, 2.24) is 0 Å². The average Bonchev–Trinajstić information content (AvgIpc) is 2.36. The lowest BCUT2D eigenvalue weighted by Gasteiger charge is -2.11. The first-order valence-electron chi connectivity index (χ1n) is 5.51. The van der Waals surface area contributed by atoms with Crippen LogP contribution in [0.4, 0.5) is 5.69 Å². The first-order valence-corrected chi connectivity index (χ1v) is 5.51. The predicted molar refractivity (Wildman–Crippen MR) is 65.8 cm³/mol. The Morgan fingerprint density at radius 1 is 1.39 bits per heavy atom. The van der Waals surface area contributed by atoms with Crippen molar-refractivity contribution in [2.45, 2.75) is 25.5 Å². The van der Waals surface area contributed by atoms with E-state index in [2.05, 4.69) is 5.32 Å². The summed E-state index contributed by atoms with van der Waals surface area (Å²) in [4.78, 5) is 22.0. The van der Waals surface area contributed by atoms with Gasteiger partial charge in [0.25, 0.3) is 0 Å². The number of anilines is 1. The second kappa shape index (κ2) is 6.73. The van der Waals surface area contributed by atoms with Gasteiger partial charge in [0.1, 0.15) is 0 Å². The van der Waals surface area contributed by atoms with Crippen molar-refractivity contribution in [3.63, 3.8) is 0 Å². The Hall–Kier alpha value is -1.92. The van der Waals surface area contributed by atoms with Crippen molar-refractivity contribution in [3.8, 4) is 0 Å². The maximum absolute atomic E-state index is 11.6. The van der Waals surface area contributed by atoms with Gasteiger partial charge in [-0.05, 0) is 24.1 Å². The molecule has 0 aliphatic heterocycles. The van der Waals surface area contributed by atoms with Crippen LogP contribution in [0, 0.1) is 0 Å². The van der Waals surface area contributed by atoms with Crippen LogP contribution >= 0.6 is 0 Å². The van der Waals surface area contributed by atoms with E-state index in [4.69, 9.17) is 15.9 Å². The minimum atomic E-state index is -0.986. The van der Waals surface area contributed by atoms with E-state index in [-0.39, 0.29) is 19.4 Å². The molecule has 0 aliphatic carbocycles. The number of aliphatic hydroxyl groups excluding tert-OH is 1. The van der Waals surface area contributed by atoms with E-state index in [1.54, 1.807) is 24.3 Å². The molecule has 0 heterocycles. The number of hydrogen-bond donors (Lipinski definition) is 4. The lowest BCUT2D eigenvalue weighted by molar-refractivity contribution is -0.137. The predicted octanol–water partition coefficient (Wildman–Crippen LogP) is 0.309. The number of aliphatic carboxylic acids is 1. The van der Waals surface area contributed by atoms with Gasteiger partial charge in [-0.3, -0.25) is 9.59 Å². The van der Waals surface area contributed by atoms with Crippen molar-refractivity contribution >= 4 is 17.6 Å². The highest BCUT2D eigenvalue weighted by molar-refractivity contribution is 5.94. The number of aliphatic hydroxyl groups is 1. The monoisotopic (exact) mass is 252 g/mol. The summed E-state index contributed by atoms with van der Waals surface area (Å²) < 4.78 is 0. The molecular weight excluding hydrogens is 236 g/mol. The number of amides is 1. The zero-order valence-electron chi connectivity index (χ0n) is 9.80. The maximum Gasteiger partial charge on any atom is 0.303 e. The standard InChI is InChI=1S/C12H16N2O4/c13-10(4-5-11(16)17)12(18)14-9-3-1-2-8(6-9)7-15/h1-3,6,10,15H,4-5,7,13H2,(H,14,18)(H,16,17). The molecule has 5 N–H and O–H groups in total. The van der Waals surface area contributed by atoms with Gasteiger partial charge < -0.3 is 21.3 Å². The molecule has 1 aromatic rings. The van der Waals surface area contributed by atoms with Crippen LogP contribution in [0.3, 0.4) is 0 Å². The van der Waals surface area contributed by atoms with E-state index < -0.39 is 17.9 Å². The van der Waals surface area contributed by atoms with E-state index in [0.29, 0.717) is 11.3 Å². The third-order valence-electron chi connectivity index (χ3n) is 2.38. The summed E-state index contributed by atoms with van der Waals surface area (Å²) in [6.07, 6.45) is -0.0634. The summed E-state index contributed by atoms with van der Waals surface area (Å²) in [5.74, 6) is -1.42. The minimum absolute atomic E-state index is 0.0842. The molecule has 1 rings (SSSR count). The molecule has 1 atom stereocenters. The first kappa shape index (κ1) is 14.1. The molecule has 0 aromatic heterocycles. The van der Waals surface area contributed by atoms with Crippen molar-refractivity contribution in [2.24, 2.45) is 5.73 Å². The van der Waals surface area contributed by atoms with E-state index >= 15 is 0 Å². The van der Waals surface area contributed by atoms with Gasteiger partial charge in [0.05, 0.1) is 12.6 Å². The summed E-state index contributed by atoms with van der Waals surface area (Å²) in [7, 11) is 0. The number of nitrogens with two attached hydrogens (primary N) is 1. The fourth-order valence-corrected chi connectivity index (χ4v) is 1.39. The number of carbonyl (C=O) groups excluding carboxylic acids is 1. The summed E-state index contributed by atoms with van der Waals surface area (Å²) in [5, 5.41) is 20.0. The van der Waals surface area contributed by atoms with Crippen molar-refractivity contribution < 1.29 is 19.8 Å². The van der Waals surface area contributed by atoms with E-state index in [9.17, 15) is 9.59 Å². The highest BCUT2D eigenvalue weighted by Gasteiger charge is 2.14. The first-order chi connectivity index (χ1) is 8.52. The summed E-state index contributed by atoms with van der Waals surface area (Å²) >= 11 is 0. The Kier molecular flexibility index (Phi) is 5.29.